The van der Waals surface area contributed by atoms with E-state index >= 15 is 0 Å². The first-order valence-electron chi connectivity index (χ1n) is 9.99. The summed E-state index contributed by atoms with van der Waals surface area (Å²) < 4.78 is 1.85. The zero-order valence-electron chi connectivity index (χ0n) is 15.8. The quantitative estimate of drug-likeness (QED) is 0.804. The van der Waals surface area contributed by atoms with Crippen LogP contribution in [-0.4, -0.2) is 76.3 Å². The summed E-state index contributed by atoms with van der Waals surface area (Å²) in [6.45, 7) is 7.42. The maximum absolute atomic E-state index is 12.8. The molecule has 0 aliphatic carbocycles. The van der Waals surface area contributed by atoms with Crippen LogP contribution in [0.2, 0.25) is 0 Å². The Bertz CT molecular complexity index is 715. The van der Waals surface area contributed by atoms with Crippen LogP contribution in [0.15, 0.2) is 36.9 Å². The Morgan fingerprint density at radius 3 is 2.30 bits per heavy atom. The van der Waals surface area contributed by atoms with Gasteiger partial charge in [0.15, 0.2) is 0 Å². The molecule has 27 heavy (non-hydrogen) atoms. The highest BCUT2D eigenvalue weighted by Crippen LogP contribution is 2.21. The second kappa shape index (κ2) is 8.52. The number of anilines is 1. The normalized spacial score (nSPS) is 18.7. The van der Waals surface area contributed by atoms with E-state index in [1.54, 1.807) is 12.7 Å². The summed E-state index contributed by atoms with van der Waals surface area (Å²) in [4.78, 5) is 23.6. The molecule has 7 heteroatoms. The summed E-state index contributed by atoms with van der Waals surface area (Å²) in [5.41, 5.74) is 2.04. The van der Waals surface area contributed by atoms with E-state index in [1.807, 2.05) is 21.7 Å². The first-order chi connectivity index (χ1) is 13.3. The zero-order valence-corrected chi connectivity index (χ0v) is 15.8. The molecule has 1 aromatic heterocycles. The molecule has 0 bridgehead atoms. The number of carbonyl (C=O) groups excluding carboxylic acids is 1. The second-order valence-electron chi connectivity index (χ2n) is 7.39. The number of benzene rings is 1. The molecule has 2 aliphatic rings. The molecule has 0 saturated carbocycles. The molecule has 0 N–H and O–H groups in total. The first-order valence-corrected chi connectivity index (χ1v) is 9.99. The largest absolute Gasteiger partial charge is 0.372 e. The summed E-state index contributed by atoms with van der Waals surface area (Å²) in [6.07, 6.45) is 7.17. The van der Waals surface area contributed by atoms with E-state index in [2.05, 4.69) is 32.0 Å². The number of carbonyl (C=O) groups is 1. The number of aromatic nitrogens is 3. The third kappa shape index (κ3) is 4.47. The molecule has 2 aliphatic heterocycles. The van der Waals surface area contributed by atoms with Gasteiger partial charge in [-0.25, -0.2) is 4.98 Å². The third-order valence-corrected chi connectivity index (χ3v) is 5.61. The molecule has 4 rings (SSSR count). The zero-order chi connectivity index (χ0) is 18.5. The molecule has 3 heterocycles. The summed E-state index contributed by atoms with van der Waals surface area (Å²) in [6, 6.07) is 8.19. The number of piperidine rings is 1. The molecule has 2 fully saturated rings. The van der Waals surface area contributed by atoms with E-state index in [9.17, 15) is 4.79 Å². The topological polar surface area (TPSA) is 57.5 Å². The lowest BCUT2D eigenvalue weighted by atomic mass is 10.1. The molecule has 1 aromatic carbocycles. The highest BCUT2D eigenvalue weighted by molar-refractivity contribution is 5.94. The maximum atomic E-state index is 12.8. The van der Waals surface area contributed by atoms with Gasteiger partial charge < -0.3 is 9.80 Å². The third-order valence-electron chi connectivity index (χ3n) is 5.61. The van der Waals surface area contributed by atoms with Crippen LogP contribution in [0.25, 0.3) is 0 Å². The Labute approximate surface area is 160 Å². The standard InChI is InChI=1S/C20H28N6O/c27-20(18-4-6-19(7-5-18)24-8-2-1-3-9-24)25-13-10-23(11-14-25)12-15-26-17-21-16-22-26/h4-7,16-17H,1-3,8-15H2. The highest BCUT2D eigenvalue weighted by atomic mass is 16.2. The van der Waals surface area contributed by atoms with Crippen molar-refractivity contribution < 1.29 is 4.79 Å². The minimum Gasteiger partial charge on any atom is -0.372 e. The number of hydrogen-bond donors (Lipinski definition) is 0. The summed E-state index contributed by atoms with van der Waals surface area (Å²) in [5, 5.41) is 4.14. The Hall–Kier alpha value is -2.41. The summed E-state index contributed by atoms with van der Waals surface area (Å²) in [5.74, 6) is 0.149. The van der Waals surface area contributed by atoms with Crippen LogP contribution in [0.3, 0.4) is 0 Å². The lowest BCUT2D eigenvalue weighted by Crippen LogP contribution is -2.49. The van der Waals surface area contributed by atoms with Crippen LogP contribution in [0.1, 0.15) is 29.6 Å². The molecular formula is C20H28N6O. The lowest BCUT2D eigenvalue weighted by molar-refractivity contribution is 0.0632. The molecule has 0 atom stereocenters. The van der Waals surface area contributed by atoms with E-state index in [0.717, 1.165) is 57.9 Å². The number of piperazine rings is 1. The number of nitrogens with zero attached hydrogens (tertiary/aromatic N) is 6. The fraction of sp³-hybridized carbons (Fsp3) is 0.550. The van der Waals surface area contributed by atoms with Crippen LogP contribution in [-0.2, 0) is 6.54 Å². The molecule has 0 radical (unpaired) electrons. The molecule has 0 unspecified atom stereocenters. The molecule has 144 valence electrons. The number of amides is 1. The van der Waals surface area contributed by atoms with Crippen molar-refractivity contribution in [3.05, 3.63) is 42.5 Å². The Balaban J connectivity index is 1.27. The smallest absolute Gasteiger partial charge is 0.253 e. The lowest BCUT2D eigenvalue weighted by Gasteiger charge is -2.34. The maximum Gasteiger partial charge on any atom is 0.253 e. The van der Waals surface area contributed by atoms with Gasteiger partial charge in [-0.3, -0.25) is 14.4 Å². The predicted molar refractivity (Wildman–Crippen MR) is 105 cm³/mol. The SMILES string of the molecule is O=C(c1ccc(N2CCCCC2)cc1)N1CCN(CCn2cncn2)CC1. The van der Waals surface area contributed by atoms with Crippen LogP contribution in [0.4, 0.5) is 5.69 Å². The van der Waals surface area contributed by atoms with Crippen LogP contribution < -0.4 is 4.90 Å². The van der Waals surface area contributed by atoms with Crippen LogP contribution in [0, 0.1) is 0 Å². The van der Waals surface area contributed by atoms with Crippen molar-refractivity contribution in [3.63, 3.8) is 0 Å². The van der Waals surface area contributed by atoms with E-state index in [0.29, 0.717) is 0 Å². The van der Waals surface area contributed by atoms with Gasteiger partial charge in [0.2, 0.25) is 0 Å². The van der Waals surface area contributed by atoms with Crippen molar-refractivity contribution in [2.75, 3.05) is 50.7 Å². The van der Waals surface area contributed by atoms with Crippen LogP contribution >= 0.6 is 0 Å². The van der Waals surface area contributed by atoms with Crippen molar-refractivity contribution in [3.8, 4) is 0 Å². The Morgan fingerprint density at radius 1 is 0.889 bits per heavy atom. The Kier molecular flexibility index (Phi) is 5.67. The van der Waals surface area contributed by atoms with Gasteiger partial charge in [0.05, 0.1) is 6.54 Å². The highest BCUT2D eigenvalue weighted by Gasteiger charge is 2.22. The molecule has 0 spiro atoms. The van der Waals surface area contributed by atoms with E-state index < -0.39 is 0 Å². The molecule has 2 aromatic rings. The molecule has 2 saturated heterocycles. The number of rotatable bonds is 5. The minimum absolute atomic E-state index is 0.149. The monoisotopic (exact) mass is 368 g/mol. The van der Waals surface area contributed by atoms with Gasteiger partial charge in [0, 0.05) is 57.1 Å². The average molecular weight is 368 g/mol. The van der Waals surface area contributed by atoms with Crippen LogP contribution in [0.5, 0.6) is 0 Å². The minimum atomic E-state index is 0.149. The van der Waals surface area contributed by atoms with Crippen molar-refractivity contribution in [2.24, 2.45) is 0 Å². The van der Waals surface area contributed by atoms with E-state index in [1.165, 1.54) is 24.9 Å². The van der Waals surface area contributed by atoms with Gasteiger partial charge in [0.1, 0.15) is 12.7 Å². The Morgan fingerprint density at radius 2 is 1.63 bits per heavy atom. The predicted octanol–water partition coefficient (Wildman–Crippen LogP) is 1.73. The molecular weight excluding hydrogens is 340 g/mol. The van der Waals surface area contributed by atoms with Crippen molar-refractivity contribution in [2.45, 2.75) is 25.8 Å². The van der Waals surface area contributed by atoms with Gasteiger partial charge >= 0.3 is 0 Å². The molecule has 1 amide bonds. The van der Waals surface area contributed by atoms with Crippen molar-refractivity contribution in [1.82, 2.24) is 24.6 Å². The van der Waals surface area contributed by atoms with Gasteiger partial charge in [-0.2, -0.15) is 5.10 Å². The van der Waals surface area contributed by atoms with Gasteiger partial charge in [0.25, 0.3) is 5.91 Å². The first kappa shape index (κ1) is 18.0. The van der Waals surface area contributed by atoms with E-state index in [-0.39, 0.29) is 5.91 Å². The van der Waals surface area contributed by atoms with Gasteiger partial charge in [-0.15, -0.1) is 0 Å². The molecule has 7 nitrogen and oxygen atoms in total. The average Bonchev–Trinajstić information content (AvgIpc) is 3.27. The van der Waals surface area contributed by atoms with E-state index in [4.69, 9.17) is 0 Å². The number of hydrogen-bond acceptors (Lipinski definition) is 5. The van der Waals surface area contributed by atoms with Gasteiger partial charge in [-0.1, -0.05) is 0 Å². The fourth-order valence-electron chi connectivity index (χ4n) is 3.92. The summed E-state index contributed by atoms with van der Waals surface area (Å²) >= 11 is 0. The fourth-order valence-corrected chi connectivity index (χ4v) is 3.92. The second-order valence-corrected chi connectivity index (χ2v) is 7.39. The van der Waals surface area contributed by atoms with Crippen molar-refractivity contribution >= 4 is 11.6 Å². The van der Waals surface area contributed by atoms with Crippen molar-refractivity contribution in [1.29, 1.82) is 0 Å². The van der Waals surface area contributed by atoms with Gasteiger partial charge in [-0.05, 0) is 43.5 Å². The summed E-state index contributed by atoms with van der Waals surface area (Å²) in [7, 11) is 0.